The Morgan fingerprint density at radius 1 is 1.13 bits per heavy atom. The quantitative estimate of drug-likeness (QED) is 0.769. The molecule has 1 aromatic heterocycles. The molecule has 0 spiro atoms. The number of nitrogens with zero attached hydrogens (tertiary/aromatic N) is 2. The lowest BCUT2D eigenvalue weighted by molar-refractivity contribution is -0.202. The van der Waals surface area contributed by atoms with Crippen molar-refractivity contribution in [1.82, 2.24) is 9.88 Å². The van der Waals surface area contributed by atoms with E-state index in [9.17, 15) is 14.7 Å². The summed E-state index contributed by atoms with van der Waals surface area (Å²) in [6, 6.07) is 8.55. The number of fused-ring (bicyclic) bond motifs is 1. The van der Waals surface area contributed by atoms with Gasteiger partial charge in [-0.1, -0.05) is 18.2 Å². The highest BCUT2D eigenvalue weighted by Crippen LogP contribution is 2.64. The highest BCUT2D eigenvalue weighted by Gasteiger charge is 2.65. The van der Waals surface area contributed by atoms with Gasteiger partial charge in [0.05, 0.1) is 16.9 Å². The standard InChI is InChI=1S/C25H28N2O3/c1-24(2)21(19-5-3-4-15-13-26-7-6-18(15)19)27(22(24)28)20-16-8-14-9-17(20)12-25(10-14,11-16)23(29)30/h3-7,13-14,16-17,20-21H,8-12H2,1-2H3,(H,29,30). The van der Waals surface area contributed by atoms with E-state index in [1.165, 1.54) is 5.56 Å². The van der Waals surface area contributed by atoms with Crippen molar-refractivity contribution < 1.29 is 14.7 Å². The number of hydrogen-bond donors (Lipinski definition) is 1. The van der Waals surface area contributed by atoms with Crippen LogP contribution in [0.25, 0.3) is 10.8 Å². The molecule has 156 valence electrons. The van der Waals surface area contributed by atoms with Gasteiger partial charge in [-0.25, -0.2) is 0 Å². The molecule has 1 aromatic carbocycles. The summed E-state index contributed by atoms with van der Waals surface area (Å²) >= 11 is 0. The van der Waals surface area contributed by atoms with E-state index in [1.54, 1.807) is 0 Å². The Kier molecular flexibility index (Phi) is 3.57. The zero-order valence-corrected chi connectivity index (χ0v) is 17.5. The third-order valence-corrected chi connectivity index (χ3v) is 8.75. The zero-order chi connectivity index (χ0) is 20.8. The van der Waals surface area contributed by atoms with Gasteiger partial charge >= 0.3 is 5.97 Å². The molecule has 7 rings (SSSR count). The second kappa shape index (κ2) is 5.83. The molecule has 1 saturated heterocycles. The maximum Gasteiger partial charge on any atom is 0.309 e. The monoisotopic (exact) mass is 404 g/mol. The van der Waals surface area contributed by atoms with Gasteiger partial charge in [0.2, 0.25) is 5.91 Å². The van der Waals surface area contributed by atoms with E-state index in [-0.39, 0.29) is 18.0 Å². The normalized spacial score (nSPS) is 38.7. The Labute approximate surface area is 176 Å². The number of rotatable bonds is 3. The first-order chi connectivity index (χ1) is 14.3. The molecular formula is C25H28N2O3. The van der Waals surface area contributed by atoms with Crippen LogP contribution in [-0.2, 0) is 9.59 Å². The van der Waals surface area contributed by atoms with Crippen LogP contribution >= 0.6 is 0 Å². The average molecular weight is 405 g/mol. The van der Waals surface area contributed by atoms with Gasteiger partial charge in [-0.2, -0.15) is 0 Å². The molecule has 4 bridgehead atoms. The maximum atomic E-state index is 13.4. The first kappa shape index (κ1) is 18.3. The third-order valence-electron chi connectivity index (χ3n) is 8.75. The molecule has 5 fully saturated rings. The molecule has 1 N–H and O–H groups in total. The van der Waals surface area contributed by atoms with Gasteiger partial charge in [-0.05, 0) is 80.7 Å². The van der Waals surface area contributed by atoms with E-state index in [4.69, 9.17) is 0 Å². The lowest BCUT2D eigenvalue weighted by Gasteiger charge is -2.66. The minimum Gasteiger partial charge on any atom is -0.481 e. The fourth-order valence-corrected chi connectivity index (χ4v) is 7.79. The number of benzene rings is 1. The molecule has 1 aliphatic heterocycles. The number of aliphatic carboxylic acids is 1. The van der Waals surface area contributed by atoms with Crippen molar-refractivity contribution in [1.29, 1.82) is 0 Å². The summed E-state index contributed by atoms with van der Waals surface area (Å²) in [7, 11) is 0. The summed E-state index contributed by atoms with van der Waals surface area (Å²) in [4.78, 5) is 32.0. The molecule has 3 atom stereocenters. The van der Waals surface area contributed by atoms with Gasteiger partial charge in [0.15, 0.2) is 0 Å². The van der Waals surface area contributed by atoms with Gasteiger partial charge in [0.25, 0.3) is 0 Å². The minimum atomic E-state index is -0.617. The number of hydrogen-bond acceptors (Lipinski definition) is 3. The molecule has 5 heteroatoms. The zero-order valence-electron chi connectivity index (χ0n) is 17.5. The van der Waals surface area contributed by atoms with Crippen LogP contribution < -0.4 is 0 Å². The molecule has 30 heavy (non-hydrogen) atoms. The van der Waals surface area contributed by atoms with Crippen molar-refractivity contribution in [2.24, 2.45) is 28.6 Å². The van der Waals surface area contributed by atoms with Crippen molar-refractivity contribution in [3.05, 3.63) is 42.2 Å². The van der Waals surface area contributed by atoms with Gasteiger partial charge in [0, 0.05) is 23.8 Å². The molecule has 2 heterocycles. The minimum absolute atomic E-state index is 0.0272. The van der Waals surface area contributed by atoms with Crippen molar-refractivity contribution in [2.45, 2.75) is 58.0 Å². The second-order valence-corrected chi connectivity index (χ2v) is 10.8. The fraction of sp³-hybridized carbons (Fsp3) is 0.560. The number of β-lactam (4-membered cyclic amide) rings is 1. The van der Waals surface area contributed by atoms with Crippen LogP contribution in [0.4, 0.5) is 0 Å². The SMILES string of the molecule is CC1(C)C(=O)N(C2C3CC4CC2CC(C(=O)O)(C4)C3)C1c1cccc2cnccc12. The lowest BCUT2D eigenvalue weighted by Crippen LogP contribution is -2.70. The number of aromatic nitrogens is 1. The number of carbonyl (C=O) groups excluding carboxylic acids is 1. The largest absolute Gasteiger partial charge is 0.481 e. The van der Waals surface area contributed by atoms with Gasteiger partial charge in [-0.15, -0.1) is 0 Å². The summed E-state index contributed by atoms with van der Waals surface area (Å²) in [5, 5.41) is 12.2. The van der Waals surface area contributed by atoms with Crippen molar-refractivity contribution in [3.8, 4) is 0 Å². The average Bonchev–Trinajstić information content (AvgIpc) is 2.71. The van der Waals surface area contributed by atoms with Gasteiger partial charge < -0.3 is 10.0 Å². The van der Waals surface area contributed by atoms with Gasteiger partial charge in [-0.3, -0.25) is 14.6 Å². The highest BCUT2D eigenvalue weighted by molar-refractivity contribution is 5.94. The molecule has 5 nitrogen and oxygen atoms in total. The smallest absolute Gasteiger partial charge is 0.309 e. The van der Waals surface area contributed by atoms with Crippen LogP contribution in [0.3, 0.4) is 0 Å². The maximum absolute atomic E-state index is 13.4. The van der Waals surface area contributed by atoms with E-state index in [0.29, 0.717) is 17.8 Å². The summed E-state index contributed by atoms with van der Waals surface area (Å²) in [5.41, 5.74) is 0.203. The molecule has 4 saturated carbocycles. The first-order valence-corrected chi connectivity index (χ1v) is 11.2. The van der Waals surface area contributed by atoms with E-state index < -0.39 is 16.8 Å². The molecule has 4 aliphatic carbocycles. The predicted molar refractivity (Wildman–Crippen MR) is 113 cm³/mol. The molecule has 1 amide bonds. The topological polar surface area (TPSA) is 70.5 Å². The number of carbonyl (C=O) groups is 2. The summed E-state index contributed by atoms with van der Waals surface area (Å²) < 4.78 is 0. The van der Waals surface area contributed by atoms with Crippen LogP contribution in [0.5, 0.6) is 0 Å². The van der Waals surface area contributed by atoms with E-state index in [2.05, 4.69) is 48.0 Å². The molecule has 5 aliphatic rings. The second-order valence-electron chi connectivity index (χ2n) is 10.8. The van der Waals surface area contributed by atoms with Crippen LogP contribution in [0.2, 0.25) is 0 Å². The third kappa shape index (κ3) is 2.21. The Balaban J connectivity index is 1.42. The summed E-state index contributed by atoms with van der Waals surface area (Å²) in [6.07, 6.45) is 8.16. The number of likely N-dealkylation sites (tertiary alicyclic amines) is 1. The highest BCUT2D eigenvalue weighted by atomic mass is 16.4. The van der Waals surface area contributed by atoms with Crippen LogP contribution in [-0.4, -0.2) is 32.9 Å². The Morgan fingerprint density at radius 3 is 2.57 bits per heavy atom. The van der Waals surface area contributed by atoms with Crippen molar-refractivity contribution in [3.63, 3.8) is 0 Å². The Bertz CT molecular complexity index is 1060. The van der Waals surface area contributed by atoms with E-state index >= 15 is 0 Å². The predicted octanol–water partition coefficient (Wildman–Crippen LogP) is 4.42. The molecule has 2 aromatic rings. The van der Waals surface area contributed by atoms with Crippen LogP contribution in [0.15, 0.2) is 36.7 Å². The fourth-order valence-electron chi connectivity index (χ4n) is 7.79. The van der Waals surface area contributed by atoms with Crippen LogP contribution in [0, 0.1) is 28.6 Å². The van der Waals surface area contributed by atoms with Gasteiger partial charge in [0.1, 0.15) is 0 Å². The number of carboxylic acids is 1. The Morgan fingerprint density at radius 2 is 1.87 bits per heavy atom. The molecular weight excluding hydrogens is 376 g/mol. The van der Waals surface area contributed by atoms with Crippen LogP contribution in [0.1, 0.15) is 57.6 Å². The first-order valence-electron chi connectivity index (χ1n) is 11.2. The Hall–Kier alpha value is -2.43. The van der Waals surface area contributed by atoms with E-state index in [1.807, 2.05) is 12.4 Å². The number of carboxylic acid groups (broad SMARTS) is 1. The van der Waals surface area contributed by atoms with Crippen molar-refractivity contribution in [2.75, 3.05) is 0 Å². The molecule has 3 unspecified atom stereocenters. The number of pyridine rings is 1. The van der Waals surface area contributed by atoms with Crippen molar-refractivity contribution >= 4 is 22.6 Å². The van der Waals surface area contributed by atoms with E-state index in [0.717, 1.165) is 42.9 Å². The molecule has 0 radical (unpaired) electrons. The number of amides is 1. The summed E-state index contributed by atoms with van der Waals surface area (Å²) in [6.45, 7) is 4.12. The summed E-state index contributed by atoms with van der Waals surface area (Å²) in [5.74, 6) is 0.744. The lowest BCUT2D eigenvalue weighted by atomic mass is 9.47.